The van der Waals surface area contributed by atoms with Crippen LogP contribution >= 0.6 is 23.2 Å². The average molecular weight is 464 g/mol. The minimum absolute atomic E-state index is 0.102. The molecule has 2 aromatic carbocycles. The molecule has 3 N–H and O–H groups in total. The SMILES string of the molecule is CC1c2c(Cl)cc(Cl)cc2CCN1C(=O)CNc1cc2cc(CO)[nH]c(=O)c2cc1F. The first-order valence-electron chi connectivity index (χ1n) is 9.76. The van der Waals surface area contributed by atoms with Crippen LogP contribution in [0.25, 0.3) is 10.8 Å². The van der Waals surface area contributed by atoms with Gasteiger partial charge in [-0.05, 0) is 60.2 Å². The second kappa shape index (κ2) is 8.49. The molecule has 0 saturated heterocycles. The lowest BCUT2D eigenvalue weighted by atomic mass is 9.93. The number of nitrogens with one attached hydrogen (secondary N) is 2. The first-order valence-corrected chi connectivity index (χ1v) is 10.5. The Morgan fingerprint density at radius 2 is 2.06 bits per heavy atom. The van der Waals surface area contributed by atoms with Crippen LogP contribution in [0.15, 0.2) is 35.1 Å². The summed E-state index contributed by atoms with van der Waals surface area (Å²) in [5, 5.41) is 13.8. The molecule has 2 heterocycles. The molecule has 9 heteroatoms. The molecule has 1 amide bonds. The zero-order valence-corrected chi connectivity index (χ0v) is 18.1. The standard InChI is InChI=1S/C22H20Cl2FN3O3/c1-11-21-12(4-14(23)7-17(21)24)2-3-28(11)20(30)9-26-19-6-13-5-15(10-29)27-22(31)16(13)8-18(19)25/h4-8,11,26,29H,2-3,9-10H2,1H3,(H,27,31). The summed E-state index contributed by atoms with van der Waals surface area (Å²) in [6.07, 6.45) is 0.628. The number of fused-ring (bicyclic) bond motifs is 2. The van der Waals surface area contributed by atoms with Crippen molar-refractivity contribution in [2.45, 2.75) is 26.0 Å². The molecule has 1 atom stereocenters. The summed E-state index contributed by atoms with van der Waals surface area (Å²) in [5.74, 6) is -0.845. The Labute approximate surface area is 187 Å². The van der Waals surface area contributed by atoms with Gasteiger partial charge in [0.2, 0.25) is 5.91 Å². The molecule has 6 nitrogen and oxygen atoms in total. The van der Waals surface area contributed by atoms with Gasteiger partial charge in [0.15, 0.2) is 0 Å². The predicted molar refractivity (Wildman–Crippen MR) is 119 cm³/mol. The van der Waals surface area contributed by atoms with E-state index in [4.69, 9.17) is 23.2 Å². The Balaban J connectivity index is 1.54. The molecular formula is C22H20Cl2FN3O3. The number of carbonyl (C=O) groups is 1. The summed E-state index contributed by atoms with van der Waals surface area (Å²) >= 11 is 12.5. The van der Waals surface area contributed by atoms with E-state index in [1.54, 1.807) is 17.0 Å². The maximum Gasteiger partial charge on any atom is 0.256 e. The van der Waals surface area contributed by atoms with Crippen LogP contribution in [0.1, 0.15) is 29.8 Å². The van der Waals surface area contributed by atoms with Gasteiger partial charge in [0.05, 0.1) is 30.3 Å². The number of aliphatic hydroxyl groups excluding tert-OH is 1. The topological polar surface area (TPSA) is 85.4 Å². The van der Waals surface area contributed by atoms with Crippen LogP contribution < -0.4 is 10.9 Å². The molecule has 1 aromatic heterocycles. The molecule has 3 aromatic rings. The first kappa shape index (κ1) is 21.6. The molecular weight excluding hydrogens is 444 g/mol. The third kappa shape index (κ3) is 4.13. The first-order chi connectivity index (χ1) is 14.8. The molecule has 1 aliphatic rings. The number of nitrogens with zero attached hydrogens (tertiary/aromatic N) is 1. The number of hydrogen-bond acceptors (Lipinski definition) is 4. The van der Waals surface area contributed by atoms with Gasteiger partial charge in [-0.3, -0.25) is 9.59 Å². The zero-order valence-electron chi connectivity index (χ0n) is 16.6. The zero-order chi connectivity index (χ0) is 22.3. The van der Waals surface area contributed by atoms with Crippen LogP contribution in [0.5, 0.6) is 0 Å². The number of hydrogen-bond donors (Lipinski definition) is 3. The highest BCUT2D eigenvalue weighted by Crippen LogP contribution is 2.37. The van der Waals surface area contributed by atoms with Gasteiger partial charge in [0.25, 0.3) is 5.56 Å². The average Bonchev–Trinajstić information content (AvgIpc) is 2.72. The summed E-state index contributed by atoms with van der Waals surface area (Å²) in [4.78, 5) is 29.1. The van der Waals surface area contributed by atoms with Gasteiger partial charge in [-0.25, -0.2) is 4.39 Å². The normalized spacial score (nSPS) is 15.8. The van der Waals surface area contributed by atoms with Crippen LogP contribution in [0.2, 0.25) is 10.0 Å². The summed E-state index contributed by atoms with van der Waals surface area (Å²) in [7, 11) is 0. The van der Waals surface area contributed by atoms with E-state index in [2.05, 4.69) is 10.3 Å². The number of carbonyl (C=O) groups excluding carboxylic acids is 1. The van der Waals surface area contributed by atoms with Crippen molar-refractivity contribution in [1.29, 1.82) is 0 Å². The Bertz CT molecular complexity index is 1240. The Morgan fingerprint density at radius 1 is 1.29 bits per heavy atom. The third-order valence-electron chi connectivity index (χ3n) is 5.60. The van der Waals surface area contributed by atoms with Gasteiger partial charge in [0.1, 0.15) is 5.82 Å². The fourth-order valence-electron chi connectivity index (χ4n) is 4.08. The van der Waals surface area contributed by atoms with Gasteiger partial charge < -0.3 is 20.3 Å². The number of amides is 1. The van der Waals surface area contributed by atoms with Crippen LogP contribution in [-0.4, -0.2) is 34.0 Å². The highest BCUT2D eigenvalue weighted by molar-refractivity contribution is 6.35. The Kier molecular flexibility index (Phi) is 5.92. The molecule has 4 rings (SSSR count). The van der Waals surface area contributed by atoms with Crippen molar-refractivity contribution in [1.82, 2.24) is 9.88 Å². The van der Waals surface area contributed by atoms with Crippen molar-refractivity contribution in [2.24, 2.45) is 0 Å². The number of pyridine rings is 1. The molecule has 1 unspecified atom stereocenters. The number of aromatic nitrogens is 1. The van der Waals surface area contributed by atoms with E-state index in [0.29, 0.717) is 34.1 Å². The Hall–Kier alpha value is -2.61. The van der Waals surface area contributed by atoms with Gasteiger partial charge >= 0.3 is 0 Å². The summed E-state index contributed by atoms with van der Waals surface area (Å²) in [5.41, 5.74) is 1.83. The van der Waals surface area contributed by atoms with Gasteiger partial charge in [-0.2, -0.15) is 0 Å². The lowest BCUT2D eigenvalue weighted by Gasteiger charge is -2.36. The highest BCUT2D eigenvalue weighted by atomic mass is 35.5. The van der Waals surface area contributed by atoms with E-state index in [0.717, 1.165) is 17.2 Å². The largest absolute Gasteiger partial charge is 0.390 e. The third-order valence-corrected chi connectivity index (χ3v) is 6.13. The fraction of sp³-hybridized carbons (Fsp3) is 0.273. The minimum atomic E-state index is -0.641. The van der Waals surface area contributed by atoms with E-state index in [1.165, 1.54) is 6.07 Å². The number of aromatic amines is 1. The molecule has 0 bridgehead atoms. The number of rotatable bonds is 4. The monoisotopic (exact) mass is 463 g/mol. The number of anilines is 1. The lowest BCUT2D eigenvalue weighted by molar-refractivity contribution is -0.131. The highest BCUT2D eigenvalue weighted by Gasteiger charge is 2.29. The molecule has 0 saturated carbocycles. The van der Waals surface area contributed by atoms with Crippen molar-refractivity contribution < 1.29 is 14.3 Å². The Morgan fingerprint density at radius 3 is 2.81 bits per heavy atom. The molecule has 1 aliphatic heterocycles. The van der Waals surface area contributed by atoms with Crippen molar-refractivity contribution in [3.05, 3.63) is 73.4 Å². The van der Waals surface area contributed by atoms with Gasteiger partial charge in [0, 0.05) is 22.3 Å². The maximum absolute atomic E-state index is 14.5. The number of benzene rings is 2. The summed E-state index contributed by atoms with van der Waals surface area (Å²) < 4.78 is 14.5. The van der Waals surface area contributed by atoms with E-state index >= 15 is 0 Å². The number of aliphatic hydroxyl groups is 1. The van der Waals surface area contributed by atoms with Crippen molar-refractivity contribution >= 4 is 45.6 Å². The number of H-pyrrole nitrogens is 1. The number of halogens is 3. The second-order valence-electron chi connectivity index (χ2n) is 7.53. The van der Waals surface area contributed by atoms with Crippen molar-refractivity contribution in [2.75, 3.05) is 18.4 Å². The van der Waals surface area contributed by atoms with Gasteiger partial charge in [-0.15, -0.1) is 0 Å². The summed E-state index contributed by atoms with van der Waals surface area (Å²) in [6.45, 7) is 1.94. The van der Waals surface area contributed by atoms with Crippen LogP contribution in [0.4, 0.5) is 10.1 Å². The quantitative estimate of drug-likeness (QED) is 0.545. The molecule has 31 heavy (non-hydrogen) atoms. The van der Waals surface area contributed by atoms with Crippen LogP contribution in [0, 0.1) is 5.82 Å². The lowest BCUT2D eigenvalue weighted by Crippen LogP contribution is -2.42. The smallest absolute Gasteiger partial charge is 0.256 e. The van der Waals surface area contributed by atoms with Crippen LogP contribution in [0.3, 0.4) is 0 Å². The molecule has 0 radical (unpaired) electrons. The van der Waals surface area contributed by atoms with E-state index in [1.807, 2.05) is 13.0 Å². The molecule has 0 fully saturated rings. The van der Waals surface area contributed by atoms with Crippen LogP contribution in [-0.2, 0) is 17.8 Å². The maximum atomic E-state index is 14.5. The van der Waals surface area contributed by atoms with E-state index in [9.17, 15) is 19.1 Å². The summed E-state index contributed by atoms with van der Waals surface area (Å²) in [6, 6.07) is 7.43. The molecule has 0 aliphatic carbocycles. The molecule has 0 spiro atoms. The van der Waals surface area contributed by atoms with Gasteiger partial charge in [-0.1, -0.05) is 23.2 Å². The van der Waals surface area contributed by atoms with E-state index in [-0.39, 0.29) is 36.2 Å². The fourth-order valence-corrected chi connectivity index (χ4v) is 4.77. The second-order valence-corrected chi connectivity index (χ2v) is 8.37. The van der Waals surface area contributed by atoms with Crippen molar-refractivity contribution in [3.63, 3.8) is 0 Å². The van der Waals surface area contributed by atoms with Crippen molar-refractivity contribution in [3.8, 4) is 0 Å². The molecule has 162 valence electrons. The van der Waals surface area contributed by atoms with E-state index < -0.39 is 11.4 Å². The minimum Gasteiger partial charge on any atom is -0.390 e. The predicted octanol–water partition coefficient (Wildman–Crippen LogP) is 4.02.